The summed E-state index contributed by atoms with van der Waals surface area (Å²) in [4.78, 5) is 26.1. The first-order chi connectivity index (χ1) is 19.5. The van der Waals surface area contributed by atoms with Crippen molar-refractivity contribution in [1.29, 1.82) is 0 Å². The van der Waals surface area contributed by atoms with Gasteiger partial charge in [0.05, 0.1) is 20.3 Å². The van der Waals surface area contributed by atoms with Crippen LogP contribution in [0.15, 0.2) is 78.9 Å². The number of urea groups is 1. The SMILES string of the molecule is CCOC(Cc1ccc(OCCN(CCCOCc2ccccc2)C(=O)Nc2ccc(OC)cc2)cc1)C(=O)O. The highest BCUT2D eigenvalue weighted by Crippen LogP contribution is 2.17. The average Bonchev–Trinajstić information content (AvgIpc) is 2.97. The van der Waals surface area contributed by atoms with Crippen molar-refractivity contribution in [3.8, 4) is 11.5 Å². The topological polar surface area (TPSA) is 107 Å². The van der Waals surface area contributed by atoms with Gasteiger partial charge < -0.3 is 34.3 Å². The number of carboxylic acids is 1. The molecule has 3 aromatic rings. The van der Waals surface area contributed by atoms with Crippen molar-refractivity contribution in [2.24, 2.45) is 0 Å². The van der Waals surface area contributed by atoms with E-state index in [0.29, 0.717) is 56.5 Å². The summed E-state index contributed by atoms with van der Waals surface area (Å²) in [6, 6.07) is 24.1. The molecule has 1 atom stereocenters. The van der Waals surface area contributed by atoms with Gasteiger partial charge >= 0.3 is 12.0 Å². The molecule has 2 N–H and O–H groups in total. The number of amides is 2. The molecule has 0 spiro atoms. The van der Waals surface area contributed by atoms with E-state index in [9.17, 15) is 14.7 Å². The minimum atomic E-state index is -0.986. The number of methoxy groups -OCH3 is 1. The molecular formula is C31H38N2O7. The fourth-order valence-electron chi connectivity index (χ4n) is 3.94. The van der Waals surface area contributed by atoms with Crippen LogP contribution in [0.4, 0.5) is 10.5 Å². The standard InChI is InChI=1S/C31H38N2O7/c1-3-39-29(30(34)35)22-24-10-14-28(15-11-24)40-21-19-33(18-7-20-38-23-25-8-5-4-6-9-25)31(36)32-26-12-16-27(37-2)17-13-26/h4-6,8-17,29H,3,7,18-23H2,1-2H3,(H,32,36)(H,34,35). The average molecular weight is 551 g/mol. The summed E-state index contributed by atoms with van der Waals surface area (Å²) >= 11 is 0. The van der Waals surface area contributed by atoms with E-state index in [-0.39, 0.29) is 19.1 Å². The Morgan fingerprint density at radius 2 is 1.57 bits per heavy atom. The number of hydrogen-bond donors (Lipinski definition) is 2. The Hall–Kier alpha value is -4.08. The van der Waals surface area contributed by atoms with Crippen LogP contribution < -0.4 is 14.8 Å². The predicted octanol–water partition coefficient (Wildman–Crippen LogP) is 5.25. The van der Waals surface area contributed by atoms with Gasteiger partial charge in [-0.2, -0.15) is 0 Å². The molecule has 1 unspecified atom stereocenters. The lowest BCUT2D eigenvalue weighted by atomic mass is 10.1. The first kappa shape index (κ1) is 30.5. The van der Waals surface area contributed by atoms with Crippen molar-refractivity contribution in [3.63, 3.8) is 0 Å². The van der Waals surface area contributed by atoms with Crippen LogP contribution in [0.25, 0.3) is 0 Å². The quantitative estimate of drug-likeness (QED) is 0.221. The maximum absolute atomic E-state index is 13.1. The van der Waals surface area contributed by atoms with Crippen molar-refractivity contribution >= 4 is 17.7 Å². The fourth-order valence-corrected chi connectivity index (χ4v) is 3.94. The van der Waals surface area contributed by atoms with Gasteiger partial charge in [-0.3, -0.25) is 0 Å². The summed E-state index contributed by atoms with van der Waals surface area (Å²) in [6.07, 6.45) is 0.0586. The van der Waals surface area contributed by atoms with E-state index in [0.717, 1.165) is 11.1 Å². The number of nitrogens with one attached hydrogen (secondary N) is 1. The molecule has 0 aliphatic carbocycles. The summed E-state index contributed by atoms with van der Waals surface area (Å²) in [6.45, 7) is 4.29. The van der Waals surface area contributed by atoms with E-state index in [1.807, 2.05) is 42.5 Å². The highest BCUT2D eigenvalue weighted by molar-refractivity contribution is 5.89. The highest BCUT2D eigenvalue weighted by atomic mass is 16.5. The van der Waals surface area contributed by atoms with E-state index in [1.165, 1.54) is 0 Å². The number of aliphatic carboxylic acids is 1. The van der Waals surface area contributed by atoms with Crippen LogP contribution in [0, 0.1) is 0 Å². The zero-order chi connectivity index (χ0) is 28.6. The number of rotatable bonds is 17. The summed E-state index contributed by atoms with van der Waals surface area (Å²) in [7, 11) is 1.59. The number of benzene rings is 3. The van der Waals surface area contributed by atoms with Crippen LogP contribution in [0.5, 0.6) is 11.5 Å². The third-order valence-corrected chi connectivity index (χ3v) is 6.07. The number of carbonyl (C=O) groups is 2. The molecule has 9 nitrogen and oxygen atoms in total. The number of carboxylic acid groups (broad SMARTS) is 1. The van der Waals surface area contributed by atoms with E-state index in [1.54, 1.807) is 55.3 Å². The minimum Gasteiger partial charge on any atom is -0.497 e. The lowest BCUT2D eigenvalue weighted by Gasteiger charge is -2.23. The molecule has 2 amide bonds. The first-order valence-corrected chi connectivity index (χ1v) is 13.4. The van der Waals surface area contributed by atoms with Gasteiger partial charge in [0.2, 0.25) is 0 Å². The van der Waals surface area contributed by atoms with E-state index >= 15 is 0 Å². The number of hydrogen-bond acceptors (Lipinski definition) is 6. The molecule has 0 saturated heterocycles. The lowest BCUT2D eigenvalue weighted by Crippen LogP contribution is -2.39. The monoisotopic (exact) mass is 550 g/mol. The Bertz CT molecular complexity index is 1150. The second kappa shape index (κ2) is 16.8. The van der Waals surface area contributed by atoms with E-state index < -0.39 is 12.1 Å². The lowest BCUT2D eigenvalue weighted by molar-refractivity contribution is -0.149. The van der Waals surface area contributed by atoms with Crippen molar-refractivity contribution in [3.05, 3.63) is 90.0 Å². The Morgan fingerprint density at radius 1 is 0.875 bits per heavy atom. The molecule has 0 saturated carbocycles. The van der Waals surface area contributed by atoms with Gasteiger partial charge in [-0.15, -0.1) is 0 Å². The third kappa shape index (κ3) is 10.6. The Morgan fingerprint density at radius 3 is 2.23 bits per heavy atom. The van der Waals surface area contributed by atoms with Gasteiger partial charge in [-0.1, -0.05) is 42.5 Å². The number of carbonyl (C=O) groups excluding carboxylic acids is 1. The molecule has 0 heterocycles. The van der Waals surface area contributed by atoms with Gasteiger partial charge in [0, 0.05) is 31.9 Å². The molecule has 3 aromatic carbocycles. The molecule has 0 radical (unpaired) electrons. The molecule has 0 aliphatic rings. The van der Waals surface area contributed by atoms with Gasteiger partial charge in [-0.05, 0) is 60.9 Å². The van der Waals surface area contributed by atoms with Crippen LogP contribution in [-0.4, -0.2) is 68.1 Å². The van der Waals surface area contributed by atoms with Crippen molar-refractivity contribution < 1.29 is 33.6 Å². The van der Waals surface area contributed by atoms with Crippen LogP contribution in [0.3, 0.4) is 0 Å². The van der Waals surface area contributed by atoms with Crippen molar-refractivity contribution in [2.45, 2.75) is 32.5 Å². The normalized spacial score (nSPS) is 11.4. The highest BCUT2D eigenvalue weighted by Gasteiger charge is 2.18. The van der Waals surface area contributed by atoms with Gasteiger partial charge in [0.15, 0.2) is 6.10 Å². The summed E-state index contributed by atoms with van der Waals surface area (Å²) < 4.78 is 22.1. The molecule has 214 valence electrons. The number of nitrogens with zero attached hydrogens (tertiary/aromatic N) is 1. The van der Waals surface area contributed by atoms with Crippen molar-refractivity contribution in [1.82, 2.24) is 4.90 Å². The Labute approximate surface area is 235 Å². The molecule has 0 bridgehead atoms. The molecule has 0 fully saturated rings. The largest absolute Gasteiger partial charge is 0.497 e. The molecule has 40 heavy (non-hydrogen) atoms. The summed E-state index contributed by atoms with van der Waals surface area (Å²) in [5.41, 5.74) is 2.61. The smallest absolute Gasteiger partial charge is 0.333 e. The molecular weight excluding hydrogens is 512 g/mol. The summed E-state index contributed by atoms with van der Waals surface area (Å²) in [5.74, 6) is 0.357. The first-order valence-electron chi connectivity index (χ1n) is 13.4. The van der Waals surface area contributed by atoms with Gasteiger partial charge in [-0.25, -0.2) is 9.59 Å². The van der Waals surface area contributed by atoms with Crippen molar-refractivity contribution in [2.75, 3.05) is 45.3 Å². The number of ether oxygens (including phenoxy) is 4. The predicted molar refractivity (Wildman–Crippen MR) is 153 cm³/mol. The number of anilines is 1. The second-order valence-electron chi connectivity index (χ2n) is 9.02. The van der Waals surface area contributed by atoms with E-state index in [2.05, 4.69) is 5.32 Å². The maximum Gasteiger partial charge on any atom is 0.333 e. The minimum absolute atomic E-state index is 0.234. The second-order valence-corrected chi connectivity index (χ2v) is 9.02. The fraction of sp³-hybridized carbons (Fsp3) is 0.355. The zero-order valence-corrected chi connectivity index (χ0v) is 23.1. The van der Waals surface area contributed by atoms with Crippen LogP contribution >= 0.6 is 0 Å². The Kier molecular flexibility index (Phi) is 12.8. The third-order valence-electron chi connectivity index (χ3n) is 6.07. The van der Waals surface area contributed by atoms with Gasteiger partial charge in [0.25, 0.3) is 0 Å². The zero-order valence-electron chi connectivity index (χ0n) is 23.1. The Balaban J connectivity index is 1.52. The van der Waals surface area contributed by atoms with Crippen LogP contribution in [-0.2, 0) is 27.3 Å². The van der Waals surface area contributed by atoms with Crippen LogP contribution in [0.1, 0.15) is 24.5 Å². The van der Waals surface area contributed by atoms with E-state index in [4.69, 9.17) is 18.9 Å². The maximum atomic E-state index is 13.1. The molecule has 9 heteroatoms. The molecule has 0 aliphatic heterocycles. The summed E-state index contributed by atoms with van der Waals surface area (Å²) in [5, 5.41) is 12.2. The molecule has 3 rings (SSSR count). The van der Waals surface area contributed by atoms with Crippen LogP contribution in [0.2, 0.25) is 0 Å². The molecule has 0 aromatic heterocycles. The van der Waals surface area contributed by atoms with Gasteiger partial charge in [0.1, 0.15) is 18.1 Å².